The molecule has 1 aliphatic heterocycles. The van der Waals surface area contributed by atoms with E-state index >= 15 is 0 Å². The van der Waals surface area contributed by atoms with E-state index in [1.165, 1.54) is 0 Å². The molecule has 1 aliphatic rings. The number of hydrogen-bond acceptors (Lipinski definition) is 3. The van der Waals surface area contributed by atoms with E-state index < -0.39 is 5.60 Å². The van der Waals surface area contributed by atoms with Crippen LogP contribution >= 0.6 is 0 Å². The molecule has 0 radical (unpaired) electrons. The van der Waals surface area contributed by atoms with Crippen molar-refractivity contribution in [3.63, 3.8) is 0 Å². The maximum atomic E-state index is 11.5. The predicted octanol–water partition coefficient (Wildman–Crippen LogP) is 1.62. The first kappa shape index (κ1) is 12.3. The Kier molecular flexibility index (Phi) is 3.60. The molecule has 1 fully saturated rings. The normalized spacial score (nSPS) is 19.7. The molecule has 0 aromatic rings. The lowest BCUT2D eigenvalue weighted by Crippen LogP contribution is -2.55. The molecule has 1 saturated heterocycles. The Morgan fingerprint density at radius 3 is 2.47 bits per heavy atom. The van der Waals surface area contributed by atoms with Gasteiger partial charge in [0, 0.05) is 19.0 Å². The van der Waals surface area contributed by atoms with Crippen molar-refractivity contribution in [2.75, 3.05) is 13.1 Å². The molecule has 0 unspecified atom stereocenters. The molecular weight excluding hydrogens is 194 g/mol. The van der Waals surface area contributed by atoms with Crippen LogP contribution in [0.25, 0.3) is 0 Å². The molecule has 1 atom stereocenters. The highest BCUT2D eigenvalue weighted by Gasteiger charge is 2.36. The van der Waals surface area contributed by atoms with Crippen molar-refractivity contribution in [1.29, 1.82) is 0 Å². The maximum Gasteiger partial charge on any atom is 0.410 e. The second-order valence-electron chi connectivity index (χ2n) is 5.12. The zero-order valence-corrected chi connectivity index (χ0v) is 9.99. The summed E-state index contributed by atoms with van der Waals surface area (Å²) >= 11 is 0. The van der Waals surface area contributed by atoms with Crippen LogP contribution in [-0.4, -0.2) is 40.9 Å². The van der Waals surface area contributed by atoms with Crippen LogP contribution in [0.15, 0.2) is 0 Å². The standard InChI is InChI=1S/C11H21NO3/c1-5-9(13)8-6-12(7-8)10(14)15-11(2,3)4/h8-9,13H,5-7H2,1-4H3/t9-/m1/s1. The van der Waals surface area contributed by atoms with E-state index in [9.17, 15) is 9.90 Å². The van der Waals surface area contributed by atoms with Crippen molar-refractivity contribution in [1.82, 2.24) is 4.90 Å². The monoisotopic (exact) mass is 215 g/mol. The summed E-state index contributed by atoms with van der Waals surface area (Å²) < 4.78 is 5.21. The summed E-state index contributed by atoms with van der Waals surface area (Å²) in [5.41, 5.74) is -0.439. The largest absolute Gasteiger partial charge is 0.444 e. The van der Waals surface area contributed by atoms with E-state index in [-0.39, 0.29) is 18.1 Å². The first-order chi connectivity index (χ1) is 6.83. The number of aliphatic hydroxyl groups excluding tert-OH is 1. The molecule has 1 N–H and O–H groups in total. The van der Waals surface area contributed by atoms with Gasteiger partial charge < -0.3 is 14.7 Å². The van der Waals surface area contributed by atoms with Gasteiger partial charge in [0.25, 0.3) is 0 Å². The number of hydrogen-bond donors (Lipinski definition) is 1. The average Bonchev–Trinajstić information content (AvgIpc) is 1.97. The zero-order valence-electron chi connectivity index (χ0n) is 9.99. The highest BCUT2D eigenvalue weighted by Crippen LogP contribution is 2.23. The van der Waals surface area contributed by atoms with Crippen LogP contribution in [0, 0.1) is 5.92 Å². The van der Waals surface area contributed by atoms with E-state index in [4.69, 9.17) is 4.74 Å². The Labute approximate surface area is 91.2 Å². The van der Waals surface area contributed by atoms with E-state index in [1.807, 2.05) is 27.7 Å². The van der Waals surface area contributed by atoms with Crippen LogP contribution in [0.4, 0.5) is 4.79 Å². The number of likely N-dealkylation sites (tertiary alicyclic amines) is 1. The van der Waals surface area contributed by atoms with Crippen LogP contribution in [0.2, 0.25) is 0 Å². The lowest BCUT2D eigenvalue weighted by Gasteiger charge is -2.41. The highest BCUT2D eigenvalue weighted by atomic mass is 16.6. The Morgan fingerprint density at radius 1 is 1.53 bits per heavy atom. The van der Waals surface area contributed by atoms with E-state index in [1.54, 1.807) is 4.90 Å². The molecule has 1 heterocycles. The minimum atomic E-state index is -0.439. The molecule has 4 heteroatoms. The Balaban J connectivity index is 2.30. The summed E-state index contributed by atoms with van der Waals surface area (Å²) in [6, 6.07) is 0. The van der Waals surface area contributed by atoms with Gasteiger partial charge in [-0.2, -0.15) is 0 Å². The fraction of sp³-hybridized carbons (Fsp3) is 0.909. The number of carbonyl (C=O) groups is 1. The highest BCUT2D eigenvalue weighted by molar-refractivity contribution is 5.69. The van der Waals surface area contributed by atoms with Crippen molar-refractivity contribution in [2.45, 2.75) is 45.8 Å². The third-order valence-electron chi connectivity index (χ3n) is 2.52. The molecule has 0 spiro atoms. The molecule has 1 rings (SSSR count). The Bertz CT molecular complexity index is 228. The van der Waals surface area contributed by atoms with Crippen LogP contribution in [0.5, 0.6) is 0 Å². The van der Waals surface area contributed by atoms with Crippen LogP contribution in [0.3, 0.4) is 0 Å². The summed E-state index contributed by atoms with van der Waals surface area (Å²) in [5.74, 6) is 0.225. The third-order valence-corrected chi connectivity index (χ3v) is 2.52. The first-order valence-electron chi connectivity index (χ1n) is 5.49. The predicted molar refractivity (Wildman–Crippen MR) is 57.6 cm³/mol. The van der Waals surface area contributed by atoms with Crippen molar-refractivity contribution in [3.8, 4) is 0 Å². The summed E-state index contributed by atoms with van der Waals surface area (Å²) in [4.78, 5) is 13.2. The topological polar surface area (TPSA) is 49.8 Å². The molecule has 4 nitrogen and oxygen atoms in total. The van der Waals surface area contributed by atoms with Crippen molar-refractivity contribution >= 4 is 6.09 Å². The quantitative estimate of drug-likeness (QED) is 0.761. The summed E-state index contributed by atoms with van der Waals surface area (Å²) in [6.07, 6.45) is 0.179. The van der Waals surface area contributed by atoms with E-state index in [0.29, 0.717) is 13.1 Å². The van der Waals surface area contributed by atoms with E-state index in [2.05, 4.69) is 0 Å². The fourth-order valence-corrected chi connectivity index (χ4v) is 1.56. The van der Waals surface area contributed by atoms with Crippen molar-refractivity contribution < 1.29 is 14.6 Å². The molecule has 15 heavy (non-hydrogen) atoms. The minimum absolute atomic E-state index is 0.225. The number of amides is 1. The molecule has 88 valence electrons. The number of ether oxygens (including phenoxy) is 1. The number of carbonyl (C=O) groups excluding carboxylic acids is 1. The second kappa shape index (κ2) is 4.39. The third kappa shape index (κ3) is 3.38. The SMILES string of the molecule is CC[C@@H](O)C1CN(C(=O)OC(C)(C)C)C1. The minimum Gasteiger partial charge on any atom is -0.444 e. The van der Waals surface area contributed by atoms with Gasteiger partial charge in [-0.25, -0.2) is 4.79 Å². The van der Waals surface area contributed by atoms with Gasteiger partial charge in [-0.15, -0.1) is 0 Å². The van der Waals surface area contributed by atoms with Gasteiger partial charge >= 0.3 is 6.09 Å². The van der Waals surface area contributed by atoms with Crippen molar-refractivity contribution in [2.24, 2.45) is 5.92 Å². The van der Waals surface area contributed by atoms with Crippen LogP contribution in [-0.2, 0) is 4.74 Å². The molecular formula is C11H21NO3. The second-order valence-corrected chi connectivity index (χ2v) is 5.12. The number of aliphatic hydroxyl groups is 1. The Hall–Kier alpha value is -0.770. The van der Waals surface area contributed by atoms with Gasteiger partial charge in [-0.05, 0) is 27.2 Å². The number of rotatable bonds is 2. The van der Waals surface area contributed by atoms with E-state index in [0.717, 1.165) is 6.42 Å². The molecule has 0 aromatic heterocycles. The lowest BCUT2D eigenvalue weighted by molar-refractivity contribution is -0.0312. The Morgan fingerprint density at radius 2 is 2.07 bits per heavy atom. The van der Waals surface area contributed by atoms with Gasteiger partial charge in [-0.3, -0.25) is 0 Å². The summed E-state index contributed by atoms with van der Waals surface area (Å²) in [5, 5.41) is 9.53. The van der Waals surface area contributed by atoms with Crippen LogP contribution in [0.1, 0.15) is 34.1 Å². The smallest absolute Gasteiger partial charge is 0.410 e. The molecule has 0 saturated carbocycles. The molecule has 0 aliphatic carbocycles. The van der Waals surface area contributed by atoms with Gasteiger partial charge in [-0.1, -0.05) is 6.92 Å². The molecule has 0 aromatic carbocycles. The summed E-state index contributed by atoms with van der Waals surface area (Å²) in [7, 11) is 0. The fourth-order valence-electron chi connectivity index (χ4n) is 1.56. The number of nitrogens with zero attached hydrogens (tertiary/aromatic N) is 1. The zero-order chi connectivity index (χ0) is 11.6. The lowest BCUT2D eigenvalue weighted by atomic mass is 9.93. The van der Waals surface area contributed by atoms with Gasteiger partial charge in [0.05, 0.1) is 6.10 Å². The van der Waals surface area contributed by atoms with Gasteiger partial charge in [0.2, 0.25) is 0 Å². The van der Waals surface area contributed by atoms with Crippen molar-refractivity contribution in [3.05, 3.63) is 0 Å². The van der Waals surface area contributed by atoms with Gasteiger partial charge in [0.1, 0.15) is 5.60 Å². The summed E-state index contributed by atoms with van der Waals surface area (Å²) in [6.45, 7) is 8.73. The average molecular weight is 215 g/mol. The maximum absolute atomic E-state index is 11.5. The first-order valence-corrected chi connectivity index (χ1v) is 5.49. The van der Waals surface area contributed by atoms with Crippen LogP contribution < -0.4 is 0 Å². The van der Waals surface area contributed by atoms with Gasteiger partial charge in [0.15, 0.2) is 0 Å². The molecule has 1 amide bonds. The molecule has 0 bridgehead atoms.